The van der Waals surface area contributed by atoms with Crippen LogP contribution in [-0.2, 0) is 4.74 Å². The predicted octanol–water partition coefficient (Wildman–Crippen LogP) is 1.55. The second kappa shape index (κ2) is 5.93. The van der Waals surface area contributed by atoms with Crippen LogP contribution in [0.1, 0.15) is 18.5 Å². The molecule has 0 radical (unpaired) electrons. The monoisotopic (exact) mass is 251 g/mol. The van der Waals surface area contributed by atoms with Gasteiger partial charge in [0.25, 0.3) is 0 Å². The molecule has 0 aromatic carbocycles. The topological polar surface area (TPSA) is 60.2 Å². The Bertz CT molecular complexity index is 391. The molecule has 1 aromatic heterocycles. The quantitative estimate of drug-likeness (QED) is 0.795. The van der Waals surface area contributed by atoms with Gasteiger partial charge in [0.2, 0.25) is 0 Å². The highest BCUT2D eigenvalue weighted by atomic mass is 32.1. The number of nitrogens with one attached hydrogen (secondary N) is 1. The molecule has 1 aliphatic heterocycles. The Hall–Kier alpha value is -1.20. The fourth-order valence-electron chi connectivity index (χ4n) is 1.89. The Morgan fingerprint density at radius 3 is 3.00 bits per heavy atom. The zero-order valence-electron chi connectivity index (χ0n) is 9.69. The lowest BCUT2D eigenvalue weighted by Gasteiger charge is -2.22. The van der Waals surface area contributed by atoms with E-state index in [4.69, 9.17) is 22.7 Å². The summed E-state index contributed by atoms with van der Waals surface area (Å²) in [6, 6.07) is 3.82. The highest BCUT2D eigenvalue weighted by Gasteiger charge is 2.13. The molecule has 0 bridgehead atoms. The average Bonchev–Trinajstić information content (AvgIpc) is 2.38. The van der Waals surface area contributed by atoms with Crippen molar-refractivity contribution in [2.75, 3.05) is 25.1 Å². The van der Waals surface area contributed by atoms with E-state index in [9.17, 15) is 0 Å². The molecule has 0 atom stereocenters. The van der Waals surface area contributed by atoms with Crippen molar-refractivity contribution in [2.45, 2.75) is 12.8 Å². The van der Waals surface area contributed by atoms with Crippen molar-refractivity contribution in [3.05, 3.63) is 24.0 Å². The Balaban J connectivity index is 1.89. The van der Waals surface area contributed by atoms with Gasteiger partial charge in [-0.05, 0) is 30.9 Å². The summed E-state index contributed by atoms with van der Waals surface area (Å²) in [6.45, 7) is 2.71. The summed E-state index contributed by atoms with van der Waals surface area (Å²) in [4.78, 5) is 4.44. The van der Waals surface area contributed by atoms with Crippen LogP contribution in [0.25, 0.3) is 0 Å². The molecule has 1 saturated heterocycles. The van der Waals surface area contributed by atoms with Gasteiger partial charge in [-0.15, -0.1) is 0 Å². The zero-order valence-corrected chi connectivity index (χ0v) is 10.5. The van der Waals surface area contributed by atoms with Crippen LogP contribution in [0.5, 0.6) is 0 Å². The molecule has 0 saturated carbocycles. The molecule has 1 aliphatic rings. The van der Waals surface area contributed by atoms with Crippen LogP contribution in [0.2, 0.25) is 0 Å². The molecular weight excluding hydrogens is 234 g/mol. The Morgan fingerprint density at radius 1 is 1.53 bits per heavy atom. The molecule has 17 heavy (non-hydrogen) atoms. The van der Waals surface area contributed by atoms with E-state index in [-0.39, 0.29) is 0 Å². The van der Waals surface area contributed by atoms with Crippen LogP contribution >= 0.6 is 12.2 Å². The third kappa shape index (κ3) is 3.64. The van der Waals surface area contributed by atoms with Crippen LogP contribution in [0, 0.1) is 5.92 Å². The molecule has 2 rings (SSSR count). The van der Waals surface area contributed by atoms with Crippen molar-refractivity contribution in [1.29, 1.82) is 0 Å². The predicted molar refractivity (Wildman–Crippen MR) is 72.2 cm³/mol. The fraction of sp³-hybridized carbons (Fsp3) is 0.500. The lowest BCUT2D eigenvalue weighted by atomic mass is 10.0. The van der Waals surface area contributed by atoms with E-state index in [2.05, 4.69) is 10.3 Å². The van der Waals surface area contributed by atoms with Crippen LogP contribution in [-0.4, -0.2) is 29.7 Å². The molecular formula is C12H17N3OS. The Labute approximate surface area is 107 Å². The van der Waals surface area contributed by atoms with E-state index in [1.54, 1.807) is 6.20 Å². The van der Waals surface area contributed by atoms with E-state index in [0.717, 1.165) is 38.3 Å². The number of hydrogen-bond acceptors (Lipinski definition) is 4. The molecule has 1 fully saturated rings. The Kier molecular flexibility index (Phi) is 4.28. The van der Waals surface area contributed by atoms with Crippen molar-refractivity contribution >= 4 is 22.9 Å². The highest BCUT2D eigenvalue weighted by Crippen LogP contribution is 2.16. The molecule has 0 amide bonds. The molecule has 4 nitrogen and oxygen atoms in total. The summed E-state index contributed by atoms with van der Waals surface area (Å²) in [5.41, 5.74) is 7.23. The van der Waals surface area contributed by atoms with Gasteiger partial charge in [-0.25, -0.2) is 0 Å². The van der Waals surface area contributed by atoms with Gasteiger partial charge in [0, 0.05) is 31.6 Å². The fourth-order valence-corrected chi connectivity index (χ4v) is 2.00. The highest BCUT2D eigenvalue weighted by molar-refractivity contribution is 7.80. The summed E-state index contributed by atoms with van der Waals surface area (Å²) >= 11 is 4.90. The van der Waals surface area contributed by atoms with Crippen molar-refractivity contribution in [3.63, 3.8) is 0 Å². The maximum atomic E-state index is 5.55. The molecule has 0 aliphatic carbocycles. The first-order valence-electron chi connectivity index (χ1n) is 5.83. The van der Waals surface area contributed by atoms with Crippen molar-refractivity contribution in [3.8, 4) is 0 Å². The minimum Gasteiger partial charge on any atom is -0.388 e. The van der Waals surface area contributed by atoms with Gasteiger partial charge >= 0.3 is 0 Å². The third-order valence-electron chi connectivity index (χ3n) is 2.95. The second-order valence-corrected chi connectivity index (χ2v) is 4.67. The molecule has 92 valence electrons. The molecule has 2 heterocycles. The van der Waals surface area contributed by atoms with E-state index in [1.807, 2.05) is 12.1 Å². The normalized spacial score (nSPS) is 16.7. The van der Waals surface area contributed by atoms with Crippen LogP contribution in [0.3, 0.4) is 0 Å². The Morgan fingerprint density at radius 2 is 2.29 bits per heavy atom. The molecule has 0 spiro atoms. The molecule has 0 unspecified atom stereocenters. The largest absolute Gasteiger partial charge is 0.388 e. The summed E-state index contributed by atoms with van der Waals surface area (Å²) < 4.78 is 5.33. The SMILES string of the molecule is NC(=S)c1cc(NCC2CCOCC2)ccn1. The number of anilines is 1. The lowest BCUT2D eigenvalue weighted by Crippen LogP contribution is -2.22. The number of hydrogen-bond donors (Lipinski definition) is 2. The van der Waals surface area contributed by atoms with Crippen LogP contribution in [0.15, 0.2) is 18.3 Å². The average molecular weight is 251 g/mol. The van der Waals surface area contributed by atoms with Gasteiger partial charge in [-0.2, -0.15) is 0 Å². The first-order chi connectivity index (χ1) is 8.25. The summed E-state index contributed by atoms with van der Waals surface area (Å²) in [5, 5.41) is 3.40. The van der Waals surface area contributed by atoms with Gasteiger partial charge in [-0.1, -0.05) is 12.2 Å². The minimum absolute atomic E-state index is 0.333. The number of nitrogens with two attached hydrogens (primary N) is 1. The zero-order chi connectivity index (χ0) is 12.1. The number of ether oxygens (including phenoxy) is 1. The minimum atomic E-state index is 0.333. The number of thiocarbonyl (C=S) groups is 1. The standard InChI is InChI=1S/C12H17N3OS/c13-12(17)11-7-10(1-4-14-11)15-8-9-2-5-16-6-3-9/h1,4,7,9H,2-3,5-6,8H2,(H2,13,17)(H,14,15). The summed E-state index contributed by atoms with van der Waals surface area (Å²) in [7, 11) is 0. The lowest BCUT2D eigenvalue weighted by molar-refractivity contribution is 0.0699. The van der Waals surface area contributed by atoms with Crippen LogP contribution in [0.4, 0.5) is 5.69 Å². The van der Waals surface area contributed by atoms with Gasteiger partial charge in [0.15, 0.2) is 0 Å². The van der Waals surface area contributed by atoms with E-state index in [1.165, 1.54) is 0 Å². The summed E-state index contributed by atoms with van der Waals surface area (Å²) in [5.74, 6) is 0.685. The van der Waals surface area contributed by atoms with Crippen molar-refractivity contribution in [1.82, 2.24) is 4.98 Å². The van der Waals surface area contributed by atoms with E-state index >= 15 is 0 Å². The van der Waals surface area contributed by atoms with Crippen molar-refractivity contribution < 1.29 is 4.74 Å². The molecule has 5 heteroatoms. The number of nitrogens with zero attached hydrogens (tertiary/aromatic N) is 1. The maximum Gasteiger partial charge on any atom is 0.122 e. The van der Waals surface area contributed by atoms with E-state index in [0.29, 0.717) is 16.6 Å². The van der Waals surface area contributed by atoms with Gasteiger partial charge in [-0.3, -0.25) is 4.98 Å². The molecule has 3 N–H and O–H groups in total. The van der Waals surface area contributed by atoms with Gasteiger partial charge in [0.1, 0.15) is 4.99 Å². The van der Waals surface area contributed by atoms with Crippen LogP contribution < -0.4 is 11.1 Å². The molecule has 1 aromatic rings. The first-order valence-corrected chi connectivity index (χ1v) is 6.24. The van der Waals surface area contributed by atoms with E-state index < -0.39 is 0 Å². The second-order valence-electron chi connectivity index (χ2n) is 4.23. The third-order valence-corrected chi connectivity index (χ3v) is 3.16. The summed E-state index contributed by atoms with van der Waals surface area (Å²) in [6.07, 6.45) is 3.97. The van der Waals surface area contributed by atoms with Gasteiger partial charge in [0.05, 0.1) is 5.69 Å². The number of aromatic nitrogens is 1. The smallest absolute Gasteiger partial charge is 0.122 e. The van der Waals surface area contributed by atoms with Crippen molar-refractivity contribution in [2.24, 2.45) is 11.7 Å². The first kappa shape index (κ1) is 12.3. The number of pyridine rings is 1. The van der Waals surface area contributed by atoms with Gasteiger partial charge < -0.3 is 15.8 Å². The number of rotatable bonds is 4. The maximum absolute atomic E-state index is 5.55.